The van der Waals surface area contributed by atoms with Gasteiger partial charge in [0.2, 0.25) is 0 Å². The second-order valence-corrected chi connectivity index (χ2v) is 6.23. The van der Waals surface area contributed by atoms with Gasteiger partial charge in [-0.2, -0.15) is 0 Å². The molecule has 0 fully saturated rings. The molecule has 2 aromatic rings. The van der Waals surface area contributed by atoms with Crippen molar-refractivity contribution < 1.29 is 0 Å². The third-order valence-corrected chi connectivity index (χ3v) is 4.03. The zero-order valence-corrected chi connectivity index (χ0v) is 12.3. The first kappa shape index (κ1) is 13.1. The number of thiophene rings is 1. The van der Waals surface area contributed by atoms with Crippen LogP contribution in [0.15, 0.2) is 12.1 Å². The van der Waals surface area contributed by atoms with Gasteiger partial charge in [-0.1, -0.05) is 48.7 Å². The van der Waals surface area contributed by atoms with Crippen molar-refractivity contribution in [3.05, 3.63) is 32.3 Å². The fraction of sp³-hybridized carbons (Fsp3) is 0.273. The van der Waals surface area contributed by atoms with E-state index in [4.69, 9.17) is 34.8 Å². The first-order valence-corrected chi connectivity index (χ1v) is 6.92. The summed E-state index contributed by atoms with van der Waals surface area (Å²) in [4.78, 5) is 9.38. The van der Waals surface area contributed by atoms with Gasteiger partial charge in [-0.25, -0.2) is 9.97 Å². The summed E-state index contributed by atoms with van der Waals surface area (Å²) in [5.74, 6) is 0.706. The van der Waals surface area contributed by atoms with E-state index < -0.39 is 0 Å². The fourth-order valence-electron chi connectivity index (χ4n) is 1.44. The standard InChI is InChI=1S/C11H9Cl3N2S/c1-5(2)8-9(13)15-11(16-10(8)14)6-3-4-7(12)17-6/h3-5H,1-2H3. The van der Waals surface area contributed by atoms with Crippen molar-refractivity contribution in [2.75, 3.05) is 0 Å². The fourth-order valence-corrected chi connectivity index (χ4v) is 3.24. The highest BCUT2D eigenvalue weighted by molar-refractivity contribution is 7.19. The van der Waals surface area contributed by atoms with Crippen LogP contribution in [0.2, 0.25) is 14.6 Å². The molecule has 0 aliphatic heterocycles. The molecular weight excluding hydrogens is 299 g/mol. The van der Waals surface area contributed by atoms with Crippen molar-refractivity contribution in [1.82, 2.24) is 9.97 Å². The minimum Gasteiger partial charge on any atom is -0.215 e. The van der Waals surface area contributed by atoms with Crippen LogP contribution >= 0.6 is 46.1 Å². The molecule has 90 valence electrons. The molecule has 0 atom stereocenters. The lowest BCUT2D eigenvalue weighted by molar-refractivity contribution is 0.848. The van der Waals surface area contributed by atoms with E-state index in [1.807, 2.05) is 19.9 Å². The van der Waals surface area contributed by atoms with Gasteiger partial charge in [0.05, 0.1) is 9.21 Å². The molecule has 2 heterocycles. The Labute approximate surface area is 119 Å². The van der Waals surface area contributed by atoms with Crippen LogP contribution < -0.4 is 0 Å². The summed E-state index contributed by atoms with van der Waals surface area (Å²) in [6.07, 6.45) is 0. The van der Waals surface area contributed by atoms with E-state index in [0.29, 0.717) is 20.5 Å². The van der Waals surface area contributed by atoms with Gasteiger partial charge in [0, 0.05) is 5.56 Å². The molecule has 0 amide bonds. The second-order valence-electron chi connectivity index (χ2n) is 3.80. The van der Waals surface area contributed by atoms with E-state index in [2.05, 4.69) is 9.97 Å². The maximum Gasteiger partial charge on any atom is 0.172 e. The van der Waals surface area contributed by atoms with Crippen LogP contribution in [0.4, 0.5) is 0 Å². The van der Waals surface area contributed by atoms with Gasteiger partial charge in [-0.3, -0.25) is 0 Å². The molecule has 0 saturated heterocycles. The molecule has 0 aliphatic rings. The first-order valence-electron chi connectivity index (χ1n) is 4.97. The second kappa shape index (κ2) is 5.11. The Morgan fingerprint density at radius 3 is 2.06 bits per heavy atom. The molecule has 0 radical (unpaired) electrons. The van der Waals surface area contributed by atoms with Crippen molar-refractivity contribution >= 4 is 46.1 Å². The third kappa shape index (κ3) is 2.74. The van der Waals surface area contributed by atoms with Gasteiger partial charge in [0.15, 0.2) is 5.82 Å². The predicted molar refractivity (Wildman–Crippen MR) is 74.5 cm³/mol. The van der Waals surface area contributed by atoms with Gasteiger partial charge in [0.25, 0.3) is 0 Å². The molecule has 0 aromatic carbocycles. The van der Waals surface area contributed by atoms with E-state index in [-0.39, 0.29) is 5.92 Å². The van der Waals surface area contributed by atoms with Crippen molar-refractivity contribution in [1.29, 1.82) is 0 Å². The average molecular weight is 308 g/mol. The molecule has 2 rings (SSSR count). The summed E-state index contributed by atoms with van der Waals surface area (Å²) in [5, 5.41) is 0.805. The topological polar surface area (TPSA) is 25.8 Å². The Hall–Kier alpha value is -0.350. The van der Waals surface area contributed by atoms with E-state index >= 15 is 0 Å². The van der Waals surface area contributed by atoms with Crippen LogP contribution in [-0.2, 0) is 0 Å². The van der Waals surface area contributed by atoms with Crippen LogP contribution in [0, 0.1) is 0 Å². The van der Waals surface area contributed by atoms with Gasteiger partial charge in [-0.05, 0) is 18.1 Å². The molecule has 0 unspecified atom stereocenters. The largest absolute Gasteiger partial charge is 0.215 e. The third-order valence-electron chi connectivity index (χ3n) is 2.22. The molecule has 6 heteroatoms. The van der Waals surface area contributed by atoms with Crippen molar-refractivity contribution in [2.45, 2.75) is 19.8 Å². The zero-order chi connectivity index (χ0) is 12.6. The molecular formula is C11H9Cl3N2S. The lowest BCUT2D eigenvalue weighted by Gasteiger charge is -2.10. The van der Waals surface area contributed by atoms with Crippen LogP contribution in [0.1, 0.15) is 25.3 Å². The summed E-state index contributed by atoms with van der Waals surface area (Å²) in [6, 6.07) is 3.65. The molecule has 0 bridgehead atoms. The highest BCUT2D eigenvalue weighted by Gasteiger charge is 2.16. The Bertz CT molecular complexity index is 528. The Kier molecular flexibility index (Phi) is 3.93. The molecule has 0 aliphatic carbocycles. The van der Waals surface area contributed by atoms with Crippen LogP contribution in [0.5, 0.6) is 0 Å². The highest BCUT2D eigenvalue weighted by Crippen LogP contribution is 2.34. The Balaban J connectivity index is 2.52. The summed E-state index contributed by atoms with van der Waals surface area (Å²) in [6.45, 7) is 4.00. The van der Waals surface area contributed by atoms with Crippen LogP contribution in [0.3, 0.4) is 0 Å². The molecule has 0 N–H and O–H groups in total. The van der Waals surface area contributed by atoms with Gasteiger partial charge >= 0.3 is 0 Å². The number of halogens is 3. The predicted octanol–water partition coefficient (Wildman–Crippen LogP) is 5.29. The molecule has 17 heavy (non-hydrogen) atoms. The number of nitrogens with zero attached hydrogens (tertiary/aromatic N) is 2. The van der Waals surface area contributed by atoms with Gasteiger partial charge in [-0.15, -0.1) is 11.3 Å². The average Bonchev–Trinajstić information content (AvgIpc) is 2.63. The number of hydrogen-bond donors (Lipinski definition) is 0. The lowest BCUT2D eigenvalue weighted by Crippen LogP contribution is -1.98. The Morgan fingerprint density at radius 2 is 1.65 bits per heavy atom. The number of rotatable bonds is 2. The summed E-state index contributed by atoms with van der Waals surface area (Å²) < 4.78 is 0.684. The van der Waals surface area contributed by atoms with Gasteiger partial charge in [0.1, 0.15) is 10.3 Å². The van der Waals surface area contributed by atoms with Gasteiger partial charge < -0.3 is 0 Å². The van der Waals surface area contributed by atoms with E-state index in [1.165, 1.54) is 11.3 Å². The van der Waals surface area contributed by atoms with Crippen molar-refractivity contribution in [3.63, 3.8) is 0 Å². The van der Waals surface area contributed by atoms with Crippen LogP contribution in [-0.4, -0.2) is 9.97 Å². The minimum absolute atomic E-state index is 0.191. The van der Waals surface area contributed by atoms with E-state index in [9.17, 15) is 0 Å². The SMILES string of the molecule is CC(C)c1c(Cl)nc(-c2ccc(Cl)s2)nc1Cl. The maximum absolute atomic E-state index is 6.12. The quantitative estimate of drug-likeness (QED) is 0.705. The molecule has 0 spiro atoms. The Morgan fingerprint density at radius 1 is 1.06 bits per heavy atom. The minimum atomic E-state index is 0.191. The van der Waals surface area contributed by atoms with Crippen molar-refractivity contribution in [3.8, 4) is 10.7 Å². The number of aromatic nitrogens is 2. The van der Waals surface area contributed by atoms with E-state index in [1.54, 1.807) is 6.07 Å². The van der Waals surface area contributed by atoms with E-state index in [0.717, 1.165) is 10.4 Å². The summed E-state index contributed by atoms with van der Waals surface area (Å²) in [5.41, 5.74) is 0.778. The molecule has 2 nitrogen and oxygen atoms in total. The zero-order valence-electron chi connectivity index (χ0n) is 9.17. The lowest BCUT2D eigenvalue weighted by atomic mass is 10.1. The maximum atomic E-state index is 6.12. The van der Waals surface area contributed by atoms with Crippen molar-refractivity contribution in [2.24, 2.45) is 0 Å². The normalized spacial score (nSPS) is 11.2. The first-order chi connectivity index (χ1) is 7.99. The monoisotopic (exact) mass is 306 g/mol. The molecule has 2 aromatic heterocycles. The summed E-state index contributed by atoms with van der Waals surface area (Å²) in [7, 11) is 0. The smallest absolute Gasteiger partial charge is 0.172 e. The number of hydrogen-bond acceptors (Lipinski definition) is 3. The molecule has 0 saturated carbocycles. The highest BCUT2D eigenvalue weighted by atomic mass is 35.5. The summed E-state index contributed by atoms with van der Waals surface area (Å²) >= 11 is 19.5. The van der Waals surface area contributed by atoms with Crippen LogP contribution in [0.25, 0.3) is 10.7 Å².